The Morgan fingerprint density at radius 2 is 1.80 bits per heavy atom. The van der Waals surface area contributed by atoms with Crippen molar-refractivity contribution in [2.45, 2.75) is 37.7 Å². The SMILES string of the molecule is [B]C1([B])c2cn(C)nc2-c2ccc(F)cc2[C@@]([B])(C)Oc2cc(cnc2NCc2ccc(B(O)O)cc2)-c2c1c(Cl)nn2CC. The van der Waals surface area contributed by atoms with Crippen molar-refractivity contribution in [3.05, 3.63) is 94.1 Å². The van der Waals surface area contributed by atoms with Gasteiger partial charge in [0.1, 0.15) is 13.7 Å². The summed E-state index contributed by atoms with van der Waals surface area (Å²) in [6, 6.07) is 12.6. The van der Waals surface area contributed by atoms with Crippen LogP contribution in [0.25, 0.3) is 22.5 Å². The number of aryl methyl sites for hydroxylation is 2. The van der Waals surface area contributed by atoms with E-state index >= 15 is 0 Å². The Labute approximate surface area is 269 Å². The van der Waals surface area contributed by atoms with Crippen LogP contribution in [0.1, 0.15) is 36.1 Å². The van der Waals surface area contributed by atoms with E-state index in [1.54, 1.807) is 72.1 Å². The van der Waals surface area contributed by atoms with Crippen molar-refractivity contribution in [2.75, 3.05) is 5.32 Å². The maximum absolute atomic E-state index is 14.8. The van der Waals surface area contributed by atoms with Crippen LogP contribution in [-0.2, 0) is 30.9 Å². The molecule has 3 aromatic heterocycles. The fourth-order valence-electron chi connectivity index (χ4n) is 5.64. The van der Waals surface area contributed by atoms with E-state index in [1.165, 1.54) is 12.1 Å². The molecule has 2 aromatic carbocycles. The number of hydrogen-bond acceptors (Lipinski definition) is 7. The number of anilines is 1. The number of hydrogen-bond donors (Lipinski definition) is 3. The Hall–Kier alpha value is -3.99. The first kappa shape index (κ1) is 31.0. The van der Waals surface area contributed by atoms with Crippen molar-refractivity contribution < 1.29 is 19.2 Å². The van der Waals surface area contributed by atoms with Gasteiger partial charge >= 0.3 is 7.12 Å². The second kappa shape index (κ2) is 11.4. The molecule has 0 fully saturated rings. The van der Waals surface area contributed by atoms with Gasteiger partial charge < -0.3 is 20.1 Å². The van der Waals surface area contributed by atoms with Gasteiger partial charge in [-0.25, -0.2) is 9.37 Å². The number of aromatic nitrogens is 5. The summed E-state index contributed by atoms with van der Waals surface area (Å²) in [5.41, 5.74) is 2.58. The van der Waals surface area contributed by atoms with Gasteiger partial charge in [0.05, 0.1) is 32.6 Å². The minimum absolute atomic E-state index is 0.104. The summed E-state index contributed by atoms with van der Waals surface area (Å²) in [6.07, 6.45) is 3.31. The second-order valence-electron chi connectivity index (χ2n) is 11.2. The molecule has 0 saturated heterocycles. The molecule has 4 heterocycles. The van der Waals surface area contributed by atoms with Crippen molar-refractivity contribution in [1.82, 2.24) is 24.5 Å². The molecule has 1 aliphatic rings. The minimum Gasteiger partial charge on any atom is -0.489 e. The molecule has 0 aliphatic carbocycles. The predicted octanol–water partition coefficient (Wildman–Crippen LogP) is 2.72. The van der Waals surface area contributed by atoms with E-state index in [0.717, 1.165) is 5.56 Å². The van der Waals surface area contributed by atoms with Crippen LogP contribution in [0, 0.1) is 5.82 Å². The predicted molar refractivity (Wildman–Crippen MR) is 174 cm³/mol. The van der Waals surface area contributed by atoms with Crippen LogP contribution < -0.4 is 15.5 Å². The van der Waals surface area contributed by atoms with E-state index in [9.17, 15) is 14.4 Å². The number of ether oxygens (including phenoxy) is 1. The first-order chi connectivity index (χ1) is 21.3. The molecule has 6 radical (unpaired) electrons. The molecule has 6 rings (SSSR count). The molecule has 220 valence electrons. The van der Waals surface area contributed by atoms with Gasteiger partial charge in [0.25, 0.3) is 0 Å². The summed E-state index contributed by atoms with van der Waals surface area (Å²) in [6.45, 7) is 4.28. The fraction of sp³-hybridized carbons (Fsp3) is 0.233. The van der Waals surface area contributed by atoms with E-state index in [-0.39, 0.29) is 10.9 Å². The van der Waals surface area contributed by atoms with Gasteiger partial charge in [0.2, 0.25) is 0 Å². The first-order valence-electron chi connectivity index (χ1n) is 14.2. The molecular formula is C30H26B4ClFN6O3. The lowest BCUT2D eigenvalue weighted by Gasteiger charge is -2.33. The Morgan fingerprint density at radius 1 is 1.07 bits per heavy atom. The summed E-state index contributed by atoms with van der Waals surface area (Å²) in [4.78, 5) is 4.68. The van der Waals surface area contributed by atoms with Gasteiger partial charge in [-0.1, -0.05) is 35.9 Å². The molecule has 0 saturated carbocycles. The van der Waals surface area contributed by atoms with Gasteiger partial charge in [-0.05, 0) is 65.5 Å². The van der Waals surface area contributed by atoms with Crippen LogP contribution in [0.4, 0.5) is 10.2 Å². The number of pyridine rings is 1. The number of halogens is 2. The van der Waals surface area contributed by atoms with Crippen LogP contribution in [0.5, 0.6) is 5.75 Å². The summed E-state index contributed by atoms with van der Waals surface area (Å²) < 4.78 is 24.6. The zero-order valence-corrected chi connectivity index (χ0v) is 25.5. The minimum atomic E-state index is -1.70. The zero-order chi connectivity index (χ0) is 32.3. The molecule has 0 spiro atoms. The monoisotopic (exact) mass is 616 g/mol. The van der Waals surface area contributed by atoms with Gasteiger partial charge in [0, 0.05) is 49.2 Å². The van der Waals surface area contributed by atoms with Crippen molar-refractivity contribution in [1.29, 1.82) is 0 Å². The topological polar surface area (TPSA) is 110 Å². The Balaban J connectivity index is 1.57. The third-order valence-corrected chi connectivity index (χ3v) is 8.12. The van der Waals surface area contributed by atoms with Crippen LogP contribution in [0.3, 0.4) is 0 Å². The highest BCUT2D eigenvalue weighted by molar-refractivity contribution is 6.58. The van der Waals surface area contributed by atoms with Crippen molar-refractivity contribution in [2.24, 2.45) is 7.05 Å². The molecule has 45 heavy (non-hydrogen) atoms. The summed E-state index contributed by atoms with van der Waals surface area (Å²) in [7, 11) is 21.0. The van der Waals surface area contributed by atoms with E-state index in [2.05, 4.69) is 20.5 Å². The molecule has 0 amide bonds. The van der Waals surface area contributed by atoms with Gasteiger partial charge in [-0.15, -0.1) is 0 Å². The number of rotatable bonds is 5. The summed E-state index contributed by atoms with van der Waals surface area (Å²) >= 11 is 6.76. The highest BCUT2D eigenvalue weighted by atomic mass is 35.5. The van der Waals surface area contributed by atoms with E-state index in [0.29, 0.717) is 63.6 Å². The fourth-order valence-corrected chi connectivity index (χ4v) is 5.98. The lowest BCUT2D eigenvalue weighted by Crippen LogP contribution is -2.33. The van der Waals surface area contributed by atoms with E-state index < -0.39 is 23.6 Å². The standard InChI is InChI=1S/C30H26B4ClFN6O3/c1-4-42-26-17-11-23(28(38-14-17)37-13-16-5-7-18(8-6-16)34(43)44)45-29(2,31)21-12-19(36)9-10-20(21)25-22(15-41(3)39-25)30(32,33)24(26)27(35)40-42/h5-12,14-15,43-44H,4,13H2,1-3H3,(H,37,38)/t29-/m1/s1. The third kappa shape index (κ3) is 5.55. The molecule has 5 aromatic rings. The average molecular weight is 616 g/mol. The highest BCUT2D eigenvalue weighted by Crippen LogP contribution is 2.46. The Morgan fingerprint density at radius 3 is 2.49 bits per heavy atom. The van der Waals surface area contributed by atoms with Crippen LogP contribution in [0.2, 0.25) is 5.15 Å². The van der Waals surface area contributed by atoms with Crippen molar-refractivity contribution >= 4 is 53.5 Å². The zero-order valence-electron chi connectivity index (χ0n) is 24.8. The van der Waals surface area contributed by atoms with E-state index in [4.69, 9.17) is 39.9 Å². The maximum Gasteiger partial charge on any atom is 0.488 e. The second-order valence-corrected chi connectivity index (χ2v) is 11.6. The number of fused-ring (bicyclic) bond motifs is 7. The van der Waals surface area contributed by atoms with Crippen LogP contribution in [0.15, 0.2) is 60.9 Å². The number of nitrogens with one attached hydrogen (secondary N) is 1. The normalized spacial score (nSPS) is 16.8. The van der Waals surface area contributed by atoms with Gasteiger partial charge in [0.15, 0.2) is 16.7 Å². The van der Waals surface area contributed by atoms with Crippen LogP contribution in [-0.4, -0.2) is 65.3 Å². The maximum atomic E-state index is 14.8. The molecule has 3 N–H and O–H groups in total. The Kier molecular flexibility index (Phi) is 7.87. The first-order valence-corrected chi connectivity index (χ1v) is 14.5. The van der Waals surface area contributed by atoms with Crippen LogP contribution >= 0.6 is 11.6 Å². The molecular weight excluding hydrogens is 590 g/mol. The van der Waals surface area contributed by atoms with E-state index in [1.807, 2.05) is 6.92 Å². The molecule has 0 unspecified atom stereocenters. The smallest absolute Gasteiger partial charge is 0.488 e. The van der Waals surface area contributed by atoms with Crippen molar-refractivity contribution in [3.63, 3.8) is 0 Å². The van der Waals surface area contributed by atoms with Gasteiger partial charge in [-0.3, -0.25) is 9.36 Å². The third-order valence-electron chi connectivity index (χ3n) is 7.85. The number of benzene rings is 2. The highest BCUT2D eigenvalue weighted by Gasteiger charge is 2.38. The lowest BCUT2D eigenvalue weighted by molar-refractivity contribution is 0.179. The molecule has 1 atom stereocenters. The van der Waals surface area contributed by atoms with Crippen molar-refractivity contribution in [3.8, 4) is 28.3 Å². The summed E-state index contributed by atoms with van der Waals surface area (Å²) in [5.74, 6) is 0.0706. The largest absolute Gasteiger partial charge is 0.489 e. The molecule has 9 nitrogen and oxygen atoms in total. The quantitative estimate of drug-likeness (QED) is 0.261. The molecule has 15 heteroatoms. The molecule has 2 bridgehead atoms. The van der Waals surface area contributed by atoms with Gasteiger partial charge in [-0.2, -0.15) is 10.2 Å². The number of nitrogens with zero attached hydrogens (tertiary/aromatic N) is 5. The Bertz CT molecular complexity index is 1910. The molecule has 1 aliphatic heterocycles. The average Bonchev–Trinajstić information content (AvgIpc) is 3.56. The summed E-state index contributed by atoms with van der Waals surface area (Å²) in [5, 5.41) is 29.7. The lowest BCUT2D eigenvalue weighted by atomic mass is 9.47.